The quantitative estimate of drug-likeness (QED) is 0.214. The standard InChI is InChI=1S/C23H26BrF2N3O2Si/c1-14-22(21-17(25)9-15(24)10-18(21)26)29(23(14)30)16-5-6-20-19(11-16)27-12-28(20)13-31-7-8-32(2,3)4/h5-6,9-12,14,22H,7-8,13H2,1-4H3. The molecule has 32 heavy (non-hydrogen) atoms. The van der Waals surface area contributed by atoms with Crippen LogP contribution in [-0.2, 0) is 16.3 Å². The molecular formula is C23H26BrF2N3O2Si. The summed E-state index contributed by atoms with van der Waals surface area (Å²) >= 11 is 3.11. The molecule has 170 valence electrons. The van der Waals surface area contributed by atoms with Crippen molar-refractivity contribution in [1.29, 1.82) is 0 Å². The lowest BCUT2D eigenvalue weighted by Gasteiger charge is -2.46. The molecule has 0 N–H and O–H groups in total. The van der Waals surface area contributed by atoms with Gasteiger partial charge < -0.3 is 14.2 Å². The van der Waals surface area contributed by atoms with Gasteiger partial charge in [-0.3, -0.25) is 4.79 Å². The van der Waals surface area contributed by atoms with E-state index in [1.165, 1.54) is 17.0 Å². The normalized spacial score (nSPS) is 19.0. The SMILES string of the molecule is CC1C(=O)N(c2ccc3c(c2)ncn3COCC[Si](C)(C)C)C1c1c(F)cc(Br)cc1F. The number of fused-ring (bicyclic) bond motifs is 1. The fourth-order valence-corrected chi connectivity index (χ4v) is 5.14. The molecule has 2 aromatic carbocycles. The van der Waals surface area contributed by atoms with Gasteiger partial charge in [-0.2, -0.15) is 0 Å². The maximum atomic E-state index is 14.6. The van der Waals surface area contributed by atoms with E-state index >= 15 is 0 Å². The number of carbonyl (C=O) groups is 1. The molecule has 2 atom stereocenters. The summed E-state index contributed by atoms with van der Waals surface area (Å²) in [6, 6.07) is 8.25. The highest BCUT2D eigenvalue weighted by atomic mass is 79.9. The molecule has 1 aliphatic heterocycles. The van der Waals surface area contributed by atoms with E-state index in [0.717, 1.165) is 11.6 Å². The molecule has 0 spiro atoms. The number of aromatic nitrogens is 2. The van der Waals surface area contributed by atoms with Crippen molar-refractivity contribution in [2.24, 2.45) is 5.92 Å². The Kier molecular flexibility index (Phi) is 6.26. The molecule has 1 saturated heterocycles. The Bertz CT molecular complexity index is 1150. The van der Waals surface area contributed by atoms with Crippen LogP contribution in [0.15, 0.2) is 41.1 Å². The molecule has 0 saturated carbocycles. The Hall–Kier alpha value is -2.10. The molecule has 2 heterocycles. The van der Waals surface area contributed by atoms with E-state index in [1.54, 1.807) is 25.4 Å². The lowest BCUT2D eigenvalue weighted by molar-refractivity contribution is -0.129. The van der Waals surface area contributed by atoms with Gasteiger partial charge in [0.25, 0.3) is 0 Å². The Balaban J connectivity index is 1.57. The molecule has 1 aliphatic rings. The average Bonchev–Trinajstić information content (AvgIpc) is 3.11. The van der Waals surface area contributed by atoms with Gasteiger partial charge in [0.05, 0.1) is 29.3 Å². The van der Waals surface area contributed by atoms with E-state index in [2.05, 4.69) is 40.6 Å². The van der Waals surface area contributed by atoms with E-state index in [1.807, 2.05) is 10.6 Å². The number of ether oxygens (including phenoxy) is 1. The van der Waals surface area contributed by atoms with Gasteiger partial charge in [-0.15, -0.1) is 0 Å². The van der Waals surface area contributed by atoms with Gasteiger partial charge in [-0.25, -0.2) is 13.8 Å². The first-order chi connectivity index (χ1) is 15.1. The van der Waals surface area contributed by atoms with Gasteiger partial charge in [-0.1, -0.05) is 42.5 Å². The summed E-state index contributed by atoms with van der Waals surface area (Å²) in [6.45, 7) is 9.72. The summed E-state index contributed by atoms with van der Waals surface area (Å²) in [4.78, 5) is 18.5. The van der Waals surface area contributed by atoms with E-state index in [4.69, 9.17) is 4.74 Å². The van der Waals surface area contributed by atoms with Gasteiger partial charge >= 0.3 is 0 Å². The number of benzene rings is 2. The fourth-order valence-electron chi connectivity index (χ4n) is 3.98. The van der Waals surface area contributed by atoms with E-state index in [0.29, 0.717) is 29.0 Å². The molecule has 0 aliphatic carbocycles. The van der Waals surface area contributed by atoms with Crippen LogP contribution in [0, 0.1) is 17.6 Å². The third kappa shape index (κ3) is 4.38. The summed E-state index contributed by atoms with van der Waals surface area (Å²) in [5, 5.41) is 0. The first-order valence-corrected chi connectivity index (χ1v) is 15.1. The Morgan fingerprint density at radius 1 is 1.16 bits per heavy atom. The van der Waals surface area contributed by atoms with Crippen LogP contribution in [0.3, 0.4) is 0 Å². The van der Waals surface area contributed by atoms with E-state index in [9.17, 15) is 13.6 Å². The Labute approximate surface area is 195 Å². The highest BCUT2D eigenvalue weighted by molar-refractivity contribution is 9.10. The molecule has 4 rings (SSSR count). The number of halogens is 3. The number of rotatable bonds is 7. The molecule has 0 radical (unpaired) electrons. The summed E-state index contributed by atoms with van der Waals surface area (Å²) < 4.78 is 37.3. The van der Waals surface area contributed by atoms with Crippen molar-refractivity contribution in [3.8, 4) is 0 Å². The minimum Gasteiger partial charge on any atom is -0.361 e. The summed E-state index contributed by atoms with van der Waals surface area (Å²) in [6.07, 6.45) is 1.70. The molecule has 1 fully saturated rings. The first kappa shape index (κ1) is 23.1. The van der Waals surface area contributed by atoms with Crippen molar-refractivity contribution in [3.05, 3.63) is 58.3 Å². The maximum absolute atomic E-state index is 14.6. The molecule has 2 unspecified atom stereocenters. The summed E-state index contributed by atoms with van der Waals surface area (Å²) in [7, 11) is -1.15. The monoisotopic (exact) mass is 521 g/mol. The number of amides is 1. The lowest BCUT2D eigenvalue weighted by atomic mass is 9.82. The van der Waals surface area contributed by atoms with Crippen molar-refractivity contribution in [1.82, 2.24) is 9.55 Å². The maximum Gasteiger partial charge on any atom is 0.232 e. The van der Waals surface area contributed by atoms with Crippen molar-refractivity contribution in [2.75, 3.05) is 11.5 Å². The van der Waals surface area contributed by atoms with Gasteiger partial charge in [0.15, 0.2) is 0 Å². The molecule has 1 aromatic heterocycles. The number of hydrogen-bond acceptors (Lipinski definition) is 3. The van der Waals surface area contributed by atoms with Crippen molar-refractivity contribution in [2.45, 2.75) is 45.4 Å². The minimum absolute atomic E-state index is 0.0956. The fraction of sp³-hybridized carbons (Fsp3) is 0.391. The van der Waals surface area contributed by atoms with Crippen molar-refractivity contribution in [3.63, 3.8) is 0 Å². The zero-order valence-electron chi connectivity index (χ0n) is 18.5. The van der Waals surface area contributed by atoms with Crippen molar-refractivity contribution >= 4 is 46.6 Å². The van der Waals surface area contributed by atoms with Crippen LogP contribution >= 0.6 is 15.9 Å². The largest absolute Gasteiger partial charge is 0.361 e. The molecule has 9 heteroatoms. The number of carbonyl (C=O) groups excluding carboxylic acids is 1. The number of anilines is 1. The van der Waals surface area contributed by atoms with Gasteiger partial charge in [0.2, 0.25) is 5.91 Å². The first-order valence-electron chi connectivity index (χ1n) is 10.6. The number of imidazole rings is 1. The highest BCUT2D eigenvalue weighted by Crippen LogP contribution is 2.45. The topological polar surface area (TPSA) is 47.4 Å². The van der Waals surface area contributed by atoms with Gasteiger partial charge in [-0.05, 0) is 36.4 Å². The average molecular weight is 522 g/mol. The van der Waals surface area contributed by atoms with Crippen LogP contribution in [0.1, 0.15) is 18.5 Å². The predicted octanol–water partition coefficient (Wildman–Crippen LogP) is 6.11. The zero-order valence-corrected chi connectivity index (χ0v) is 21.1. The second-order valence-corrected chi connectivity index (χ2v) is 16.0. The Morgan fingerprint density at radius 2 is 1.84 bits per heavy atom. The van der Waals surface area contributed by atoms with Crippen LogP contribution in [0.25, 0.3) is 11.0 Å². The molecule has 3 aromatic rings. The molecule has 5 nitrogen and oxygen atoms in total. The smallest absolute Gasteiger partial charge is 0.232 e. The van der Waals surface area contributed by atoms with Gasteiger partial charge in [0.1, 0.15) is 18.4 Å². The highest BCUT2D eigenvalue weighted by Gasteiger charge is 2.48. The second kappa shape index (κ2) is 8.68. The van der Waals surface area contributed by atoms with Crippen LogP contribution in [0.5, 0.6) is 0 Å². The van der Waals surface area contributed by atoms with Crippen LogP contribution in [-0.4, -0.2) is 30.1 Å². The van der Waals surface area contributed by atoms with Crippen LogP contribution < -0.4 is 4.90 Å². The van der Waals surface area contributed by atoms with Gasteiger partial charge in [0, 0.05) is 30.4 Å². The number of nitrogens with zero attached hydrogens (tertiary/aromatic N) is 3. The summed E-state index contributed by atoms with van der Waals surface area (Å²) in [5.74, 6) is -2.04. The predicted molar refractivity (Wildman–Crippen MR) is 127 cm³/mol. The number of β-lactam (4-membered cyclic amide) rings is 1. The van der Waals surface area contributed by atoms with Crippen molar-refractivity contribution < 1.29 is 18.3 Å². The molecule has 1 amide bonds. The lowest BCUT2D eigenvalue weighted by Crippen LogP contribution is -2.54. The Morgan fingerprint density at radius 3 is 2.50 bits per heavy atom. The third-order valence-electron chi connectivity index (χ3n) is 5.83. The number of hydrogen-bond donors (Lipinski definition) is 0. The zero-order chi connectivity index (χ0) is 23.2. The van der Waals surface area contributed by atoms with Crippen LogP contribution in [0.4, 0.5) is 14.5 Å². The minimum atomic E-state index is -1.15. The molecular weight excluding hydrogens is 496 g/mol. The van der Waals surface area contributed by atoms with Crippen LogP contribution in [0.2, 0.25) is 25.7 Å². The van der Waals surface area contributed by atoms with E-state index in [-0.39, 0.29) is 11.5 Å². The summed E-state index contributed by atoms with van der Waals surface area (Å²) in [5.41, 5.74) is 2.04. The second-order valence-electron chi connectivity index (χ2n) is 9.46. The molecule has 0 bridgehead atoms. The van der Waals surface area contributed by atoms with E-state index < -0.39 is 31.7 Å². The third-order valence-corrected chi connectivity index (χ3v) is 7.99.